The van der Waals surface area contributed by atoms with Crippen molar-refractivity contribution in [1.29, 1.82) is 0 Å². The highest BCUT2D eigenvalue weighted by molar-refractivity contribution is 5.32. The van der Waals surface area contributed by atoms with Crippen LogP contribution in [0.25, 0.3) is 0 Å². The Bertz CT molecular complexity index is 842. The molecule has 1 aliphatic heterocycles. The molecule has 0 amide bonds. The van der Waals surface area contributed by atoms with Gasteiger partial charge in [0.1, 0.15) is 5.82 Å². The van der Waals surface area contributed by atoms with Gasteiger partial charge in [0.05, 0.1) is 11.8 Å². The summed E-state index contributed by atoms with van der Waals surface area (Å²) < 4.78 is 25.4. The molecule has 3 aromatic rings. The van der Waals surface area contributed by atoms with Crippen molar-refractivity contribution in [3.8, 4) is 0 Å². The van der Waals surface area contributed by atoms with Crippen LogP contribution in [0.2, 0.25) is 0 Å². The van der Waals surface area contributed by atoms with Crippen LogP contribution in [-0.2, 0) is 16.6 Å². The van der Waals surface area contributed by atoms with E-state index in [1.165, 1.54) is 6.07 Å². The van der Waals surface area contributed by atoms with Gasteiger partial charge in [-0.05, 0) is 30.0 Å². The second kappa shape index (κ2) is 6.76. The molecule has 1 aliphatic rings. The molecule has 0 atom stereocenters. The highest BCUT2D eigenvalue weighted by Crippen LogP contribution is 2.40. The van der Waals surface area contributed by atoms with Crippen molar-refractivity contribution in [3.63, 3.8) is 0 Å². The van der Waals surface area contributed by atoms with Crippen molar-refractivity contribution in [3.05, 3.63) is 83.3 Å². The zero-order valence-corrected chi connectivity index (χ0v) is 13.8. The first-order valence-electron chi connectivity index (χ1n) is 8.47. The summed E-state index contributed by atoms with van der Waals surface area (Å²) in [5, 5.41) is 8.49. The lowest BCUT2D eigenvalue weighted by Crippen LogP contribution is -2.35. The van der Waals surface area contributed by atoms with E-state index in [-0.39, 0.29) is 11.2 Å². The van der Waals surface area contributed by atoms with Gasteiger partial charge in [0.2, 0.25) is 11.8 Å². The van der Waals surface area contributed by atoms with Gasteiger partial charge in [-0.2, -0.15) is 0 Å². The van der Waals surface area contributed by atoms with E-state index < -0.39 is 0 Å². The maximum Gasteiger partial charge on any atom is 0.227 e. The first-order chi connectivity index (χ1) is 12.3. The minimum absolute atomic E-state index is 0.258. The Morgan fingerprint density at radius 1 is 0.920 bits per heavy atom. The van der Waals surface area contributed by atoms with E-state index >= 15 is 0 Å². The van der Waals surface area contributed by atoms with E-state index in [2.05, 4.69) is 22.3 Å². The topological polar surface area (TPSA) is 48.2 Å². The molecule has 0 spiro atoms. The molecule has 0 saturated carbocycles. The van der Waals surface area contributed by atoms with Gasteiger partial charge in [-0.25, -0.2) is 4.39 Å². The third-order valence-electron chi connectivity index (χ3n) is 4.85. The Labute approximate surface area is 145 Å². The predicted octanol–water partition coefficient (Wildman–Crippen LogP) is 3.90. The minimum atomic E-state index is -0.333. The molecule has 128 valence electrons. The zero-order chi connectivity index (χ0) is 17.1. The van der Waals surface area contributed by atoms with Gasteiger partial charge in [-0.3, -0.25) is 0 Å². The molecule has 2 heterocycles. The number of nitrogens with zero attached hydrogens (tertiary/aromatic N) is 2. The third-order valence-corrected chi connectivity index (χ3v) is 4.85. The summed E-state index contributed by atoms with van der Waals surface area (Å²) in [4.78, 5) is 0. The summed E-state index contributed by atoms with van der Waals surface area (Å²) in [6.07, 6.45) is 1.87. The van der Waals surface area contributed by atoms with E-state index in [4.69, 9.17) is 9.15 Å². The van der Waals surface area contributed by atoms with Crippen LogP contribution in [-0.4, -0.2) is 23.4 Å². The van der Waals surface area contributed by atoms with E-state index in [1.807, 2.05) is 18.2 Å². The fraction of sp³-hybridized carbons (Fsp3) is 0.300. The molecular formula is C20H19FN2O2. The summed E-state index contributed by atoms with van der Waals surface area (Å²) in [6.45, 7) is 1.31. The summed E-state index contributed by atoms with van der Waals surface area (Å²) >= 11 is 0. The standard InChI is InChI=1S/C20H19FN2O2/c21-17-9-5-4-6-15(17)14-18-22-23-19(25-18)20(10-12-24-13-11-20)16-7-2-1-3-8-16/h1-9H,10-14H2. The van der Waals surface area contributed by atoms with Gasteiger partial charge >= 0.3 is 0 Å². The van der Waals surface area contributed by atoms with Gasteiger partial charge in [0.15, 0.2) is 0 Å². The molecule has 0 unspecified atom stereocenters. The summed E-state index contributed by atoms with van der Waals surface area (Å²) in [5.74, 6) is 0.765. The van der Waals surface area contributed by atoms with Crippen LogP contribution in [0.4, 0.5) is 4.39 Å². The van der Waals surface area contributed by atoms with Crippen molar-refractivity contribution < 1.29 is 13.5 Å². The molecule has 0 radical (unpaired) electrons. The molecule has 0 aliphatic carbocycles. The lowest BCUT2D eigenvalue weighted by molar-refractivity contribution is 0.0541. The third kappa shape index (κ3) is 3.07. The van der Waals surface area contributed by atoms with Crippen LogP contribution >= 0.6 is 0 Å². The van der Waals surface area contributed by atoms with Crippen LogP contribution in [0, 0.1) is 5.82 Å². The second-order valence-electron chi connectivity index (χ2n) is 6.33. The molecule has 5 heteroatoms. The summed E-state index contributed by atoms with van der Waals surface area (Å²) in [5.41, 5.74) is 1.37. The van der Waals surface area contributed by atoms with Crippen LogP contribution < -0.4 is 0 Å². The average Bonchev–Trinajstić information content (AvgIpc) is 3.14. The number of hydrogen-bond donors (Lipinski definition) is 0. The Kier molecular flexibility index (Phi) is 4.32. The normalized spacial score (nSPS) is 16.7. The quantitative estimate of drug-likeness (QED) is 0.724. The summed E-state index contributed by atoms with van der Waals surface area (Å²) in [7, 11) is 0. The molecule has 4 nitrogen and oxygen atoms in total. The smallest absolute Gasteiger partial charge is 0.227 e. The van der Waals surface area contributed by atoms with Gasteiger partial charge in [0, 0.05) is 13.2 Å². The van der Waals surface area contributed by atoms with Crippen LogP contribution in [0.1, 0.15) is 35.7 Å². The van der Waals surface area contributed by atoms with Crippen molar-refractivity contribution in [2.24, 2.45) is 0 Å². The van der Waals surface area contributed by atoms with Gasteiger partial charge in [0.25, 0.3) is 0 Å². The Hall–Kier alpha value is -2.53. The fourth-order valence-corrected chi connectivity index (χ4v) is 3.43. The Morgan fingerprint density at radius 3 is 2.40 bits per heavy atom. The number of halogens is 1. The van der Waals surface area contributed by atoms with Crippen LogP contribution in [0.15, 0.2) is 59.0 Å². The molecule has 25 heavy (non-hydrogen) atoms. The molecule has 4 rings (SSSR count). The SMILES string of the molecule is Fc1ccccc1Cc1nnc(C2(c3ccccc3)CCOCC2)o1. The number of hydrogen-bond acceptors (Lipinski definition) is 4. The van der Waals surface area contributed by atoms with E-state index in [0.29, 0.717) is 37.0 Å². The number of benzene rings is 2. The molecule has 1 aromatic heterocycles. The highest BCUT2D eigenvalue weighted by atomic mass is 19.1. The average molecular weight is 338 g/mol. The van der Waals surface area contributed by atoms with Crippen LogP contribution in [0.3, 0.4) is 0 Å². The van der Waals surface area contributed by atoms with Gasteiger partial charge < -0.3 is 9.15 Å². The largest absolute Gasteiger partial charge is 0.424 e. The van der Waals surface area contributed by atoms with E-state index in [1.54, 1.807) is 18.2 Å². The zero-order valence-electron chi connectivity index (χ0n) is 13.8. The molecule has 0 N–H and O–H groups in total. The number of rotatable bonds is 4. The fourth-order valence-electron chi connectivity index (χ4n) is 3.43. The van der Waals surface area contributed by atoms with Crippen molar-refractivity contribution in [2.75, 3.05) is 13.2 Å². The monoisotopic (exact) mass is 338 g/mol. The maximum atomic E-state index is 13.9. The predicted molar refractivity (Wildman–Crippen MR) is 90.8 cm³/mol. The summed E-state index contributed by atoms with van der Waals surface area (Å²) in [6, 6.07) is 16.9. The van der Waals surface area contributed by atoms with Crippen molar-refractivity contribution >= 4 is 0 Å². The second-order valence-corrected chi connectivity index (χ2v) is 6.33. The van der Waals surface area contributed by atoms with Crippen molar-refractivity contribution in [1.82, 2.24) is 10.2 Å². The first-order valence-corrected chi connectivity index (χ1v) is 8.47. The minimum Gasteiger partial charge on any atom is -0.424 e. The molecule has 2 aromatic carbocycles. The Morgan fingerprint density at radius 2 is 1.64 bits per heavy atom. The number of aromatic nitrogens is 2. The van der Waals surface area contributed by atoms with Crippen molar-refractivity contribution in [2.45, 2.75) is 24.7 Å². The lowest BCUT2D eigenvalue weighted by atomic mass is 9.74. The van der Waals surface area contributed by atoms with Gasteiger partial charge in [-0.15, -0.1) is 10.2 Å². The first kappa shape index (κ1) is 16.0. The molecule has 1 fully saturated rings. The molecule has 0 bridgehead atoms. The van der Waals surface area contributed by atoms with Gasteiger partial charge in [-0.1, -0.05) is 48.5 Å². The van der Waals surface area contributed by atoms with E-state index in [0.717, 1.165) is 18.4 Å². The van der Waals surface area contributed by atoms with E-state index in [9.17, 15) is 4.39 Å². The number of ether oxygens (including phenoxy) is 1. The molecule has 1 saturated heterocycles. The van der Waals surface area contributed by atoms with Crippen LogP contribution in [0.5, 0.6) is 0 Å². The Balaban J connectivity index is 1.68. The molecular weight excluding hydrogens is 319 g/mol. The maximum absolute atomic E-state index is 13.9. The highest BCUT2D eigenvalue weighted by Gasteiger charge is 2.41. The lowest BCUT2D eigenvalue weighted by Gasteiger charge is -2.34.